The molecule has 0 aromatic heterocycles. The third-order valence-corrected chi connectivity index (χ3v) is 10.3. The molecule has 2 heterocycles. The van der Waals surface area contributed by atoms with Crippen molar-refractivity contribution in [1.82, 2.24) is 4.31 Å². The van der Waals surface area contributed by atoms with Gasteiger partial charge in [-0.2, -0.15) is 4.31 Å². The van der Waals surface area contributed by atoms with E-state index in [1.807, 2.05) is 18.2 Å². The van der Waals surface area contributed by atoms with Gasteiger partial charge in [-0.25, -0.2) is 16.8 Å². The lowest BCUT2D eigenvalue weighted by molar-refractivity contribution is -0.116. The van der Waals surface area contributed by atoms with Gasteiger partial charge < -0.3 is 5.32 Å². The van der Waals surface area contributed by atoms with E-state index < -0.39 is 19.9 Å². The van der Waals surface area contributed by atoms with Crippen LogP contribution in [0.1, 0.15) is 31.2 Å². The van der Waals surface area contributed by atoms with E-state index in [4.69, 9.17) is 0 Å². The number of carbonyl (C=O) groups is 1. The van der Waals surface area contributed by atoms with Gasteiger partial charge in [-0.1, -0.05) is 30.3 Å². The number of benzene rings is 2. The molecular formula is C24H30N2O5S2. The normalized spacial score (nSPS) is 21.6. The van der Waals surface area contributed by atoms with Crippen molar-refractivity contribution >= 4 is 31.5 Å². The standard InChI is InChI=1S/C24H30N2O5S2/c27-24(17-21-12-15-32(28,29)18-21)25-22-6-8-23(9-7-22)33(30,31)26-13-10-20(11-14-26)16-19-4-2-1-3-5-19/h1-9,20-21H,10-18H2,(H,25,27). The zero-order chi connectivity index (χ0) is 23.5. The van der Waals surface area contributed by atoms with Gasteiger partial charge in [0.05, 0.1) is 16.4 Å². The quantitative estimate of drug-likeness (QED) is 0.643. The minimum Gasteiger partial charge on any atom is -0.326 e. The Morgan fingerprint density at radius 3 is 2.21 bits per heavy atom. The second-order valence-corrected chi connectivity index (χ2v) is 13.2. The van der Waals surface area contributed by atoms with Crippen molar-refractivity contribution in [1.29, 1.82) is 0 Å². The molecule has 2 aliphatic rings. The molecule has 0 saturated carbocycles. The lowest BCUT2D eigenvalue weighted by atomic mass is 9.91. The van der Waals surface area contributed by atoms with E-state index in [0.29, 0.717) is 31.1 Å². The van der Waals surface area contributed by atoms with Crippen LogP contribution in [0.5, 0.6) is 0 Å². The molecule has 2 aromatic rings. The molecule has 1 atom stereocenters. The van der Waals surface area contributed by atoms with Crippen LogP contribution in [-0.4, -0.2) is 51.6 Å². The van der Waals surface area contributed by atoms with Crippen LogP contribution in [0.4, 0.5) is 5.69 Å². The predicted molar refractivity (Wildman–Crippen MR) is 128 cm³/mol. The van der Waals surface area contributed by atoms with Crippen LogP contribution < -0.4 is 5.32 Å². The molecule has 0 aliphatic carbocycles. The third-order valence-electron chi connectivity index (χ3n) is 6.52. The van der Waals surface area contributed by atoms with Gasteiger partial charge in [-0.15, -0.1) is 0 Å². The number of carbonyl (C=O) groups excluding carboxylic acids is 1. The minimum absolute atomic E-state index is 0.0552. The van der Waals surface area contributed by atoms with E-state index in [9.17, 15) is 21.6 Å². The van der Waals surface area contributed by atoms with Gasteiger partial charge >= 0.3 is 0 Å². The molecule has 4 rings (SSSR count). The SMILES string of the molecule is O=C(CC1CCS(=O)(=O)C1)Nc1ccc(S(=O)(=O)N2CCC(Cc3ccccc3)CC2)cc1. The monoisotopic (exact) mass is 490 g/mol. The number of nitrogens with one attached hydrogen (secondary N) is 1. The van der Waals surface area contributed by atoms with Crippen LogP contribution in [0, 0.1) is 11.8 Å². The Hall–Kier alpha value is -2.23. The average Bonchev–Trinajstić information content (AvgIpc) is 3.13. The van der Waals surface area contributed by atoms with Gasteiger partial charge in [-0.05, 0) is 67.3 Å². The Morgan fingerprint density at radius 1 is 0.939 bits per heavy atom. The Kier molecular flexibility index (Phi) is 7.21. The summed E-state index contributed by atoms with van der Waals surface area (Å²) in [5.74, 6) is 0.264. The second kappa shape index (κ2) is 9.95. The highest BCUT2D eigenvalue weighted by atomic mass is 32.2. The second-order valence-electron chi connectivity index (χ2n) is 9.08. The van der Waals surface area contributed by atoms with Gasteiger partial charge in [-0.3, -0.25) is 4.79 Å². The topological polar surface area (TPSA) is 101 Å². The molecule has 1 amide bonds. The smallest absolute Gasteiger partial charge is 0.243 e. The molecule has 2 aromatic carbocycles. The van der Waals surface area contributed by atoms with Gasteiger partial charge in [0, 0.05) is 25.2 Å². The zero-order valence-electron chi connectivity index (χ0n) is 18.5. The summed E-state index contributed by atoms with van der Waals surface area (Å²) in [5.41, 5.74) is 1.78. The summed E-state index contributed by atoms with van der Waals surface area (Å²) in [7, 11) is -6.60. The number of amides is 1. The molecule has 0 spiro atoms. The Bertz CT molecular complexity index is 1170. The summed E-state index contributed by atoms with van der Waals surface area (Å²) in [4.78, 5) is 12.4. The lowest BCUT2D eigenvalue weighted by Crippen LogP contribution is -2.38. The third kappa shape index (κ3) is 6.22. The largest absolute Gasteiger partial charge is 0.326 e. The Labute approximate surface area is 196 Å². The van der Waals surface area contributed by atoms with Crippen LogP contribution in [0.15, 0.2) is 59.5 Å². The summed E-state index contributed by atoms with van der Waals surface area (Å²) in [5, 5.41) is 2.74. The van der Waals surface area contributed by atoms with Crippen molar-refractivity contribution < 1.29 is 21.6 Å². The molecule has 2 aliphatic heterocycles. The van der Waals surface area contributed by atoms with Crippen LogP contribution in [-0.2, 0) is 31.1 Å². The zero-order valence-corrected chi connectivity index (χ0v) is 20.2. The number of hydrogen-bond acceptors (Lipinski definition) is 5. The number of sulfonamides is 1. The maximum absolute atomic E-state index is 13.1. The highest BCUT2D eigenvalue weighted by Gasteiger charge is 2.30. The van der Waals surface area contributed by atoms with E-state index in [1.54, 1.807) is 16.4 Å². The van der Waals surface area contributed by atoms with Gasteiger partial charge in [0.25, 0.3) is 0 Å². The fourth-order valence-corrected chi connectivity index (χ4v) is 8.00. The molecule has 7 nitrogen and oxygen atoms in total. The van der Waals surface area contributed by atoms with Crippen molar-refractivity contribution in [3.63, 3.8) is 0 Å². The summed E-state index contributed by atoms with van der Waals surface area (Å²) >= 11 is 0. The fraction of sp³-hybridized carbons (Fsp3) is 0.458. The van der Waals surface area contributed by atoms with Crippen molar-refractivity contribution in [3.8, 4) is 0 Å². The number of sulfone groups is 1. The summed E-state index contributed by atoms with van der Waals surface area (Å²) in [6.45, 7) is 1.01. The van der Waals surface area contributed by atoms with E-state index in [2.05, 4.69) is 17.4 Å². The molecule has 1 N–H and O–H groups in total. The first-order valence-electron chi connectivity index (χ1n) is 11.4. The maximum atomic E-state index is 13.1. The number of nitrogens with zero attached hydrogens (tertiary/aromatic N) is 1. The number of rotatable bonds is 7. The fourth-order valence-electron chi connectivity index (χ4n) is 4.67. The number of anilines is 1. The highest BCUT2D eigenvalue weighted by Crippen LogP contribution is 2.27. The molecule has 0 bridgehead atoms. The van der Waals surface area contributed by atoms with Crippen LogP contribution in [0.3, 0.4) is 0 Å². The van der Waals surface area contributed by atoms with Crippen molar-refractivity contribution in [2.24, 2.45) is 11.8 Å². The Balaban J connectivity index is 1.30. The molecular weight excluding hydrogens is 460 g/mol. The van der Waals surface area contributed by atoms with E-state index in [1.165, 1.54) is 17.7 Å². The lowest BCUT2D eigenvalue weighted by Gasteiger charge is -2.31. The van der Waals surface area contributed by atoms with Crippen molar-refractivity contribution in [2.45, 2.75) is 37.0 Å². The summed E-state index contributed by atoms with van der Waals surface area (Å²) in [6.07, 6.45) is 3.29. The van der Waals surface area contributed by atoms with Crippen molar-refractivity contribution in [3.05, 3.63) is 60.2 Å². The van der Waals surface area contributed by atoms with Crippen LogP contribution >= 0.6 is 0 Å². The highest BCUT2D eigenvalue weighted by molar-refractivity contribution is 7.91. The molecule has 2 fully saturated rings. The maximum Gasteiger partial charge on any atom is 0.243 e. The van der Waals surface area contributed by atoms with Crippen LogP contribution in [0.25, 0.3) is 0 Å². The first-order chi connectivity index (χ1) is 15.7. The van der Waals surface area contributed by atoms with Gasteiger partial charge in [0.15, 0.2) is 9.84 Å². The number of piperidine rings is 1. The number of hydrogen-bond donors (Lipinski definition) is 1. The summed E-state index contributed by atoms with van der Waals surface area (Å²) in [6, 6.07) is 16.5. The first-order valence-corrected chi connectivity index (χ1v) is 14.6. The van der Waals surface area contributed by atoms with E-state index in [-0.39, 0.29) is 34.6 Å². The first kappa shape index (κ1) is 23.9. The van der Waals surface area contributed by atoms with Gasteiger partial charge in [0.1, 0.15) is 0 Å². The molecule has 0 radical (unpaired) electrons. The molecule has 9 heteroatoms. The predicted octanol–water partition coefficient (Wildman–Crippen LogP) is 3.09. The molecule has 1 unspecified atom stereocenters. The minimum atomic E-state index is -3.58. The summed E-state index contributed by atoms with van der Waals surface area (Å²) < 4.78 is 50.8. The molecule has 2 saturated heterocycles. The van der Waals surface area contributed by atoms with E-state index in [0.717, 1.165) is 19.3 Å². The molecule has 33 heavy (non-hydrogen) atoms. The average molecular weight is 491 g/mol. The molecule has 178 valence electrons. The Morgan fingerprint density at radius 2 is 1.61 bits per heavy atom. The van der Waals surface area contributed by atoms with Gasteiger partial charge in [0.2, 0.25) is 15.9 Å². The van der Waals surface area contributed by atoms with E-state index >= 15 is 0 Å². The van der Waals surface area contributed by atoms with Crippen LogP contribution in [0.2, 0.25) is 0 Å². The van der Waals surface area contributed by atoms with Crippen molar-refractivity contribution in [2.75, 3.05) is 29.9 Å².